The summed E-state index contributed by atoms with van der Waals surface area (Å²) in [6.45, 7) is 12.0. The SMILES string of the molecule is C=C[C@@]1(C)CCC[C@@](C)(C(=O)O)C1CCc1cc(C(C)C)cc2c1C(=O)c1ccc(O)cc1C2=O. The van der Waals surface area contributed by atoms with Crippen molar-refractivity contribution < 1.29 is 24.6 Å². The van der Waals surface area contributed by atoms with E-state index >= 15 is 0 Å². The van der Waals surface area contributed by atoms with Crippen molar-refractivity contribution in [1.29, 1.82) is 0 Å². The fourth-order valence-corrected chi connectivity index (χ4v) is 6.26. The van der Waals surface area contributed by atoms with E-state index in [9.17, 15) is 24.6 Å². The normalized spacial score (nSPS) is 25.8. The van der Waals surface area contributed by atoms with Crippen molar-refractivity contribution in [2.24, 2.45) is 16.7 Å². The van der Waals surface area contributed by atoms with Crippen molar-refractivity contribution in [3.8, 4) is 5.75 Å². The second kappa shape index (κ2) is 8.78. The quantitative estimate of drug-likeness (QED) is 0.409. The highest BCUT2D eigenvalue weighted by atomic mass is 16.4. The van der Waals surface area contributed by atoms with Crippen LogP contribution in [0.3, 0.4) is 0 Å². The smallest absolute Gasteiger partial charge is 0.309 e. The first-order chi connectivity index (χ1) is 16.4. The van der Waals surface area contributed by atoms with E-state index in [0.29, 0.717) is 36.0 Å². The van der Waals surface area contributed by atoms with Gasteiger partial charge in [-0.05, 0) is 85.3 Å². The molecule has 1 fully saturated rings. The molecule has 2 N–H and O–H groups in total. The van der Waals surface area contributed by atoms with Crippen LogP contribution in [-0.2, 0) is 11.2 Å². The minimum absolute atomic E-state index is 0.0532. The molecule has 0 aromatic heterocycles. The lowest BCUT2D eigenvalue weighted by Gasteiger charge is -2.49. The minimum atomic E-state index is -0.888. The number of aryl methyl sites for hydroxylation is 1. The van der Waals surface area contributed by atoms with Crippen LogP contribution >= 0.6 is 0 Å². The summed E-state index contributed by atoms with van der Waals surface area (Å²) in [5, 5.41) is 20.1. The van der Waals surface area contributed by atoms with Gasteiger partial charge in [0.15, 0.2) is 11.6 Å². The van der Waals surface area contributed by atoms with Gasteiger partial charge in [-0.3, -0.25) is 14.4 Å². The van der Waals surface area contributed by atoms with Gasteiger partial charge < -0.3 is 10.2 Å². The molecule has 0 aliphatic heterocycles. The van der Waals surface area contributed by atoms with Crippen LogP contribution in [0.1, 0.15) is 102 Å². The Labute approximate surface area is 206 Å². The standard InChI is InChI=1S/C30H34O5/c1-6-29(4)12-7-13-30(5,28(34)35)24(29)11-8-18-14-19(17(2)3)15-23-25(18)27(33)21-10-9-20(31)16-22(21)26(23)32/h6,9-10,14-17,24,31H,1,7-8,11-13H2,2-5H3,(H,34,35)/t24?,29-,30+/m0/s1. The van der Waals surface area contributed by atoms with Gasteiger partial charge in [-0.25, -0.2) is 0 Å². The molecule has 5 heteroatoms. The summed E-state index contributed by atoms with van der Waals surface area (Å²) >= 11 is 0. The van der Waals surface area contributed by atoms with E-state index < -0.39 is 11.4 Å². The van der Waals surface area contributed by atoms with E-state index in [1.54, 1.807) is 6.07 Å². The Morgan fingerprint density at radius 3 is 2.43 bits per heavy atom. The summed E-state index contributed by atoms with van der Waals surface area (Å²) in [5.41, 5.74) is 1.82. The zero-order chi connectivity index (χ0) is 25.7. The summed E-state index contributed by atoms with van der Waals surface area (Å²) in [7, 11) is 0. The second-order valence-electron chi connectivity index (χ2n) is 11.0. The van der Waals surface area contributed by atoms with Crippen LogP contribution in [0.4, 0.5) is 0 Å². The van der Waals surface area contributed by atoms with E-state index in [0.717, 1.165) is 24.0 Å². The molecular formula is C30H34O5. The fraction of sp³-hybridized carbons (Fsp3) is 0.433. The van der Waals surface area contributed by atoms with Crippen molar-refractivity contribution in [3.63, 3.8) is 0 Å². The van der Waals surface area contributed by atoms with E-state index in [1.165, 1.54) is 18.2 Å². The lowest BCUT2D eigenvalue weighted by atomic mass is 9.54. The zero-order valence-corrected chi connectivity index (χ0v) is 21.0. The molecule has 2 aromatic carbocycles. The molecule has 2 aliphatic rings. The molecule has 1 saturated carbocycles. The third kappa shape index (κ3) is 4.01. The summed E-state index contributed by atoms with van der Waals surface area (Å²) in [6.07, 6.45) is 5.28. The number of hydrogen-bond acceptors (Lipinski definition) is 4. The van der Waals surface area contributed by atoms with Crippen LogP contribution < -0.4 is 0 Å². The number of carbonyl (C=O) groups is 3. The van der Waals surface area contributed by atoms with Gasteiger partial charge in [-0.2, -0.15) is 0 Å². The van der Waals surface area contributed by atoms with Gasteiger partial charge in [0, 0.05) is 22.3 Å². The second-order valence-corrected chi connectivity index (χ2v) is 11.0. The van der Waals surface area contributed by atoms with Crippen LogP contribution in [-0.4, -0.2) is 27.7 Å². The molecule has 0 spiro atoms. The number of benzene rings is 2. The van der Waals surface area contributed by atoms with Crippen molar-refractivity contribution in [2.75, 3.05) is 0 Å². The Bertz CT molecular complexity index is 1240. The lowest BCUT2D eigenvalue weighted by Crippen LogP contribution is -2.47. The largest absolute Gasteiger partial charge is 0.508 e. The number of phenols is 1. The Morgan fingerprint density at radius 1 is 1.09 bits per heavy atom. The molecule has 2 aromatic rings. The predicted octanol–water partition coefficient (Wildman–Crippen LogP) is 6.31. The van der Waals surface area contributed by atoms with Gasteiger partial charge in [0.05, 0.1) is 5.41 Å². The topological polar surface area (TPSA) is 91.7 Å². The number of carboxylic acid groups (broad SMARTS) is 1. The molecule has 184 valence electrons. The summed E-state index contributed by atoms with van der Waals surface area (Å²) < 4.78 is 0. The number of allylic oxidation sites excluding steroid dienone is 1. The molecule has 3 atom stereocenters. The molecule has 0 radical (unpaired) electrons. The fourth-order valence-electron chi connectivity index (χ4n) is 6.26. The van der Waals surface area contributed by atoms with Crippen LogP contribution in [0, 0.1) is 16.7 Å². The Hall–Kier alpha value is -3.21. The van der Waals surface area contributed by atoms with Crippen LogP contribution in [0.2, 0.25) is 0 Å². The van der Waals surface area contributed by atoms with Gasteiger partial charge in [-0.15, -0.1) is 6.58 Å². The predicted molar refractivity (Wildman–Crippen MR) is 135 cm³/mol. The van der Waals surface area contributed by atoms with Gasteiger partial charge in [0.2, 0.25) is 0 Å². The third-order valence-corrected chi connectivity index (χ3v) is 8.51. The number of aliphatic carboxylic acids is 1. The molecule has 35 heavy (non-hydrogen) atoms. The average Bonchev–Trinajstić information content (AvgIpc) is 2.81. The van der Waals surface area contributed by atoms with E-state index in [-0.39, 0.29) is 40.1 Å². The molecule has 4 rings (SSSR count). The number of hydrogen-bond donors (Lipinski definition) is 2. The van der Waals surface area contributed by atoms with Crippen LogP contribution in [0.25, 0.3) is 0 Å². The van der Waals surface area contributed by atoms with E-state index in [2.05, 4.69) is 13.5 Å². The van der Waals surface area contributed by atoms with Crippen molar-refractivity contribution in [1.82, 2.24) is 0 Å². The average molecular weight is 475 g/mol. The Morgan fingerprint density at radius 2 is 1.80 bits per heavy atom. The molecule has 0 amide bonds. The molecular weight excluding hydrogens is 440 g/mol. The number of aromatic hydroxyl groups is 1. The number of ketones is 2. The highest BCUT2D eigenvalue weighted by molar-refractivity contribution is 6.29. The molecule has 5 nitrogen and oxygen atoms in total. The maximum Gasteiger partial charge on any atom is 0.309 e. The third-order valence-electron chi connectivity index (χ3n) is 8.51. The molecule has 0 saturated heterocycles. The van der Waals surface area contributed by atoms with Crippen molar-refractivity contribution >= 4 is 17.5 Å². The van der Waals surface area contributed by atoms with Crippen LogP contribution in [0.15, 0.2) is 43.0 Å². The number of carbonyl (C=O) groups excluding carboxylic acids is 2. The van der Waals surface area contributed by atoms with Crippen molar-refractivity contribution in [3.05, 3.63) is 76.4 Å². The van der Waals surface area contributed by atoms with Gasteiger partial charge in [0.1, 0.15) is 5.75 Å². The Kier molecular flexibility index (Phi) is 6.25. The van der Waals surface area contributed by atoms with Gasteiger partial charge in [-0.1, -0.05) is 39.3 Å². The first kappa shape index (κ1) is 24.9. The summed E-state index contributed by atoms with van der Waals surface area (Å²) in [5.74, 6) is -1.36. The van der Waals surface area contributed by atoms with Crippen molar-refractivity contribution in [2.45, 2.75) is 65.7 Å². The first-order valence-electron chi connectivity index (χ1n) is 12.4. The van der Waals surface area contributed by atoms with E-state index in [1.807, 2.05) is 32.9 Å². The monoisotopic (exact) mass is 474 g/mol. The maximum atomic E-state index is 13.6. The van der Waals surface area contributed by atoms with E-state index in [4.69, 9.17) is 0 Å². The highest BCUT2D eigenvalue weighted by Crippen LogP contribution is 2.54. The zero-order valence-electron chi connectivity index (χ0n) is 21.0. The van der Waals surface area contributed by atoms with Crippen LogP contribution in [0.5, 0.6) is 5.75 Å². The van der Waals surface area contributed by atoms with Gasteiger partial charge >= 0.3 is 5.97 Å². The minimum Gasteiger partial charge on any atom is -0.508 e. The maximum absolute atomic E-state index is 13.6. The highest BCUT2D eigenvalue weighted by Gasteiger charge is 2.51. The van der Waals surface area contributed by atoms with Gasteiger partial charge in [0.25, 0.3) is 0 Å². The first-order valence-corrected chi connectivity index (χ1v) is 12.4. The summed E-state index contributed by atoms with van der Waals surface area (Å²) in [4.78, 5) is 39.4. The number of rotatable bonds is 6. The lowest BCUT2D eigenvalue weighted by molar-refractivity contribution is -0.158. The number of phenolic OH excluding ortho intramolecular Hbond substituents is 1. The molecule has 0 bridgehead atoms. The molecule has 2 aliphatic carbocycles. The Balaban J connectivity index is 1.81. The number of fused-ring (bicyclic) bond motifs is 2. The molecule has 1 unspecified atom stereocenters. The molecule has 0 heterocycles. The number of carboxylic acids is 1. The summed E-state index contributed by atoms with van der Waals surface area (Å²) in [6, 6.07) is 8.09.